The molecule has 2 N–H and O–H groups in total. The Morgan fingerprint density at radius 3 is 2.72 bits per heavy atom. The molecule has 2 aromatic heterocycles. The van der Waals surface area contributed by atoms with Gasteiger partial charge in [-0.15, -0.1) is 0 Å². The lowest BCUT2D eigenvalue weighted by Gasteiger charge is -2.34. The summed E-state index contributed by atoms with van der Waals surface area (Å²) >= 11 is 0. The van der Waals surface area contributed by atoms with Crippen molar-refractivity contribution < 1.29 is 4.79 Å². The molecule has 29 heavy (non-hydrogen) atoms. The molecular weight excluding hydrogens is 366 g/mol. The average molecular weight is 391 g/mol. The quantitative estimate of drug-likeness (QED) is 0.690. The van der Waals surface area contributed by atoms with E-state index in [2.05, 4.69) is 32.1 Å². The number of amides is 1. The molecule has 1 saturated heterocycles. The molecule has 150 valence electrons. The zero-order valence-electron chi connectivity index (χ0n) is 16.5. The van der Waals surface area contributed by atoms with E-state index in [9.17, 15) is 9.59 Å². The van der Waals surface area contributed by atoms with E-state index in [4.69, 9.17) is 0 Å². The number of rotatable bonds is 5. The van der Waals surface area contributed by atoms with Gasteiger partial charge in [-0.1, -0.05) is 24.3 Å². The van der Waals surface area contributed by atoms with Gasteiger partial charge < -0.3 is 20.1 Å². The number of hydrogen-bond acceptors (Lipinski definition) is 5. The van der Waals surface area contributed by atoms with Gasteiger partial charge in [-0.25, -0.2) is 4.98 Å². The Bertz CT molecular complexity index is 1070. The summed E-state index contributed by atoms with van der Waals surface area (Å²) < 4.78 is 0. The number of carbonyl (C=O) groups excluding carboxylic acids is 1. The maximum Gasteiger partial charge on any atom is 0.252 e. The van der Waals surface area contributed by atoms with Crippen LogP contribution in [0.2, 0.25) is 0 Å². The predicted molar refractivity (Wildman–Crippen MR) is 114 cm³/mol. The molecule has 0 saturated carbocycles. The van der Waals surface area contributed by atoms with Crippen LogP contribution in [0.5, 0.6) is 0 Å². The van der Waals surface area contributed by atoms with Crippen LogP contribution in [0.15, 0.2) is 53.5 Å². The fourth-order valence-corrected chi connectivity index (χ4v) is 3.62. The number of carbonyl (C=O) groups is 1. The number of nitrogens with zero attached hydrogens (tertiary/aromatic N) is 3. The van der Waals surface area contributed by atoms with Crippen molar-refractivity contribution in [1.29, 1.82) is 0 Å². The summed E-state index contributed by atoms with van der Waals surface area (Å²) in [5.41, 5.74) is 2.00. The molecule has 0 spiro atoms. The second-order valence-electron chi connectivity index (χ2n) is 7.44. The lowest BCUT2D eigenvalue weighted by atomic mass is 10.1. The summed E-state index contributed by atoms with van der Waals surface area (Å²) in [7, 11) is 2.12. The highest BCUT2D eigenvalue weighted by Crippen LogP contribution is 2.18. The van der Waals surface area contributed by atoms with Crippen molar-refractivity contribution >= 4 is 22.6 Å². The summed E-state index contributed by atoms with van der Waals surface area (Å²) in [5, 5.41) is 3.86. The Labute approximate surface area is 169 Å². The van der Waals surface area contributed by atoms with Crippen molar-refractivity contribution in [3.05, 3.63) is 70.1 Å². The SMILES string of the molecule is CN1CCN(c2ncccc2CNC(=O)Cc2cc3ccccc3[nH]c2=O)CC1. The predicted octanol–water partition coefficient (Wildman–Crippen LogP) is 1.53. The molecule has 1 amide bonds. The molecule has 1 aliphatic rings. The van der Waals surface area contributed by atoms with Crippen LogP contribution in [0.3, 0.4) is 0 Å². The highest BCUT2D eigenvalue weighted by molar-refractivity contribution is 5.82. The highest BCUT2D eigenvalue weighted by atomic mass is 16.2. The zero-order valence-corrected chi connectivity index (χ0v) is 16.5. The molecule has 0 radical (unpaired) electrons. The Morgan fingerprint density at radius 2 is 1.90 bits per heavy atom. The summed E-state index contributed by atoms with van der Waals surface area (Å²) in [5.74, 6) is 0.739. The van der Waals surface area contributed by atoms with Crippen LogP contribution >= 0.6 is 0 Å². The van der Waals surface area contributed by atoms with Crippen LogP contribution in [0.4, 0.5) is 5.82 Å². The smallest absolute Gasteiger partial charge is 0.252 e. The molecule has 1 aromatic carbocycles. The summed E-state index contributed by atoms with van der Waals surface area (Å²) in [6.45, 7) is 4.21. The third-order valence-corrected chi connectivity index (χ3v) is 5.33. The van der Waals surface area contributed by atoms with Crippen LogP contribution in [0.1, 0.15) is 11.1 Å². The topological polar surface area (TPSA) is 81.3 Å². The minimum absolute atomic E-state index is 0.0459. The fourth-order valence-electron chi connectivity index (χ4n) is 3.62. The number of aromatic amines is 1. The number of nitrogens with one attached hydrogen (secondary N) is 2. The molecule has 0 atom stereocenters. The van der Waals surface area contributed by atoms with Gasteiger partial charge in [0.2, 0.25) is 5.91 Å². The number of pyridine rings is 2. The Morgan fingerprint density at radius 1 is 1.10 bits per heavy atom. The van der Waals surface area contributed by atoms with Crippen molar-refractivity contribution in [3.8, 4) is 0 Å². The van der Waals surface area contributed by atoms with Crippen molar-refractivity contribution in [2.24, 2.45) is 0 Å². The van der Waals surface area contributed by atoms with E-state index in [0.717, 1.165) is 48.5 Å². The van der Waals surface area contributed by atoms with Crippen LogP contribution in [-0.4, -0.2) is 54.0 Å². The van der Waals surface area contributed by atoms with Crippen LogP contribution in [0, 0.1) is 0 Å². The van der Waals surface area contributed by atoms with Gasteiger partial charge in [0, 0.05) is 55.6 Å². The van der Waals surface area contributed by atoms with Gasteiger partial charge in [0.05, 0.1) is 6.42 Å². The van der Waals surface area contributed by atoms with Gasteiger partial charge in [-0.2, -0.15) is 0 Å². The Kier molecular flexibility index (Phi) is 5.57. The normalized spacial score (nSPS) is 14.9. The van der Waals surface area contributed by atoms with Gasteiger partial charge in [0.1, 0.15) is 5.82 Å². The van der Waals surface area contributed by atoms with Crippen LogP contribution < -0.4 is 15.8 Å². The first-order valence-electron chi connectivity index (χ1n) is 9.85. The van der Waals surface area contributed by atoms with Gasteiger partial charge in [-0.05, 0) is 30.6 Å². The Hall–Kier alpha value is -3.19. The highest BCUT2D eigenvalue weighted by Gasteiger charge is 2.18. The van der Waals surface area contributed by atoms with Crippen molar-refractivity contribution in [2.75, 3.05) is 38.1 Å². The largest absolute Gasteiger partial charge is 0.354 e. The molecule has 0 unspecified atom stereocenters. The third kappa shape index (κ3) is 4.46. The zero-order chi connectivity index (χ0) is 20.2. The van der Waals surface area contributed by atoms with Gasteiger partial charge in [0.15, 0.2) is 0 Å². The third-order valence-electron chi connectivity index (χ3n) is 5.33. The standard InChI is InChI=1S/C22H25N5O2/c1-26-9-11-27(12-10-26)21-17(6-4-8-23-21)15-24-20(28)14-18-13-16-5-2-3-7-19(16)25-22(18)29/h2-8,13H,9-12,14-15H2,1H3,(H,24,28)(H,25,29). The van der Waals surface area contributed by atoms with Crippen molar-refractivity contribution in [3.63, 3.8) is 0 Å². The number of hydrogen-bond donors (Lipinski definition) is 2. The van der Waals surface area contributed by atoms with E-state index in [0.29, 0.717) is 12.1 Å². The maximum absolute atomic E-state index is 12.5. The summed E-state index contributed by atoms with van der Waals surface area (Å²) in [4.78, 5) is 36.7. The van der Waals surface area contributed by atoms with Gasteiger partial charge in [-0.3, -0.25) is 9.59 Å². The first kappa shape index (κ1) is 19.1. The van der Waals surface area contributed by atoms with Crippen molar-refractivity contribution in [1.82, 2.24) is 20.2 Å². The van der Waals surface area contributed by atoms with Gasteiger partial charge in [0.25, 0.3) is 5.56 Å². The second-order valence-corrected chi connectivity index (χ2v) is 7.44. The minimum Gasteiger partial charge on any atom is -0.354 e. The molecule has 1 aliphatic heterocycles. The van der Waals surface area contributed by atoms with Crippen LogP contribution in [-0.2, 0) is 17.8 Å². The number of benzene rings is 1. The monoisotopic (exact) mass is 391 g/mol. The lowest BCUT2D eigenvalue weighted by Crippen LogP contribution is -2.45. The van der Waals surface area contributed by atoms with Crippen molar-refractivity contribution in [2.45, 2.75) is 13.0 Å². The fraction of sp³-hybridized carbons (Fsp3) is 0.318. The molecule has 3 aromatic rings. The summed E-state index contributed by atoms with van der Waals surface area (Å²) in [6, 6.07) is 13.2. The number of fused-ring (bicyclic) bond motifs is 1. The molecule has 1 fully saturated rings. The van der Waals surface area contributed by atoms with E-state index in [-0.39, 0.29) is 17.9 Å². The number of piperazine rings is 1. The van der Waals surface area contributed by atoms with E-state index in [1.165, 1.54) is 0 Å². The average Bonchev–Trinajstić information content (AvgIpc) is 2.74. The molecule has 0 aliphatic carbocycles. The van der Waals surface area contributed by atoms with E-state index in [1.54, 1.807) is 12.3 Å². The molecular formula is C22H25N5O2. The summed E-state index contributed by atoms with van der Waals surface area (Å²) in [6.07, 6.45) is 1.83. The number of anilines is 1. The second kappa shape index (κ2) is 8.45. The molecule has 7 heteroatoms. The van der Waals surface area contributed by atoms with Gasteiger partial charge >= 0.3 is 0 Å². The van der Waals surface area contributed by atoms with E-state index >= 15 is 0 Å². The maximum atomic E-state index is 12.5. The molecule has 7 nitrogen and oxygen atoms in total. The number of H-pyrrole nitrogens is 1. The van der Waals surface area contributed by atoms with E-state index < -0.39 is 0 Å². The molecule has 4 rings (SSSR count). The first-order chi connectivity index (χ1) is 14.1. The Balaban J connectivity index is 1.43. The lowest BCUT2D eigenvalue weighted by molar-refractivity contribution is -0.120. The first-order valence-corrected chi connectivity index (χ1v) is 9.85. The number of likely N-dealkylation sites (N-methyl/N-ethyl adjacent to an activating group) is 1. The number of para-hydroxylation sites is 1. The molecule has 0 bridgehead atoms. The minimum atomic E-state index is -0.224. The number of aromatic nitrogens is 2. The van der Waals surface area contributed by atoms with Crippen LogP contribution in [0.25, 0.3) is 10.9 Å². The van der Waals surface area contributed by atoms with E-state index in [1.807, 2.05) is 36.4 Å². The molecule has 3 heterocycles.